The molecule has 0 unspecified atom stereocenters. The number of hydrogen-bond acceptors (Lipinski definition) is 5. The molecule has 0 saturated carbocycles. The molecule has 0 atom stereocenters. The van der Waals surface area contributed by atoms with Gasteiger partial charge in [0.05, 0.1) is 0 Å². The number of fused-ring (bicyclic) bond motifs is 8. The van der Waals surface area contributed by atoms with Gasteiger partial charge in [0.1, 0.15) is 22.3 Å². The molecule has 0 N–H and O–H groups in total. The summed E-state index contributed by atoms with van der Waals surface area (Å²) in [6.45, 7) is 0. The standard InChI is InChI=1S/C47H27N3O2/c1-2-14-29(15-3-1)40-32-17-6-7-18-33(32)43(42-35-20-9-11-23-38(35)52-44(40)42)47-49-45(31-26-25-28-13-4-5-16-30(28)27-31)48-46(50-47)36-21-12-24-39-41(36)34-19-8-10-22-37(34)51-39/h1-27H. The van der Waals surface area contributed by atoms with Crippen molar-refractivity contribution < 1.29 is 8.83 Å². The number of aromatic nitrogens is 3. The summed E-state index contributed by atoms with van der Waals surface area (Å²) in [4.78, 5) is 16.0. The first-order chi connectivity index (χ1) is 25.8. The smallest absolute Gasteiger partial charge is 0.165 e. The van der Waals surface area contributed by atoms with E-state index in [0.717, 1.165) is 93.2 Å². The summed E-state index contributed by atoms with van der Waals surface area (Å²) in [6.07, 6.45) is 0. The molecule has 0 aliphatic carbocycles. The van der Waals surface area contributed by atoms with E-state index in [2.05, 4.69) is 115 Å². The average molecular weight is 666 g/mol. The molecule has 0 amide bonds. The summed E-state index contributed by atoms with van der Waals surface area (Å²) < 4.78 is 13.1. The Labute approximate surface area is 297 Å². The molecule has 11 rings (SSSR count). The molecule has 0 radical (unpaired) electrons. The van der Waals surface area contributed by atoms with Crippen molar-refractivity contribution in [2.24, 2.45) is 0 Å². The largest absolute Gasteiger partial charge is 0.456 e. The number of hydrogen-bond donors (Lipinski definition) is 0. The minimum absolute atomic E-state index is 0.572. The Kier molecular flexibility index (Phi) is 6.18. The topological polar surface area (TPSA) is 65.0 Å². The molecule has 52 heavy (non-hydrogen) atoms. The third-order valence-electron chi connectivity index (χ3n) is 10.1. The van der Waals surface area contributed by atoms with Crippen LogP contribution in [0.1, 0.15) is 0 Å². The molecular weight excluding hydrogens is 639 g/mol. The summed E-state index contributed by atoms with van der Waals surface area (Å²) in [7, 11) is 0. The maximum Gasteiger partial charge on any atom is 0.165 e. The van der Waals surface area contributed by atoms with Gasteiger partial charge in [0, 0.05) is 43.8 Å². The van der Waals surface area contributed by atoms with Crippen LogP contribution in [-0.4, -0.2) is 15.0 Å². The predicted octanol–water partition coefficient (Wildman–Crippen LogP) is 12.6. The number of para-hydroxylation sites is 2. The fourth-order valence-corrected chi connectivity index (χ4v) is 7.80. The van der Waals surface area contributed by atoms with Gasteiger partial charge in [-0.3, -0.25) is 0 Å². The van der Waals surface area contributed by atoms with Gasteiger partial charge in [0.2, 0.25) is 0 Å². The van der Waals surface area contributed by atoms with E-state index in [1.54, 1.807) is 0 Å². The van der Waals surface area contributed by atoms with Crippen molar-refractivity contribution in [3.8, 4) is 45.3 Å². The van der Waals surface area contributed by atoms with Gasteiger partial charge >= 0.3 is 0 Å². The van der Waals surface area contributed by atoms with E-state index in [-0.39, 0.29) is 0 Å². The average Bonchev–Trinajstić information content (AvgIpc) is 3.78. The van der Waals surface area contributed by atoms with E-state index in [4.69, 9.17) is 23.8 Å². The van der Waals surface area contributed by atoms with Crippen LogP contribution in [0.15, 0.2) is 173 Å². The molecule has 0 spiro atoms. The van der Waals surface area contributed by atoms with Crippen LogP contribution in [0.4, 0.5) is 0 Å². The van der Waals surface area contributed by atoms with Crippen LogP contribution in [0.5, 0.6) is 0 Å². The van der Waals surface area contributed by atoms with Gasteiger partial charge in [-0.05, 0) is 51.4 Å². The Morgan fingerprint density at radius 3 is 1.75 bits per heavy atom. The highest BCUT2D eigenvalue weighted by atomic mass is 16.3. The highest BCUT2D eigenvalue weighted by Crippen LogP contribution is 2.47. The number of nitrogens with zero attached hydrogens (tertiary/aromatic N) is 3. The second-order valence-corrected chi connectivity index (χ2v) is 13.1. The van der Waals surface area contributed by atoms with Crippen molar-refractivity contribution in [1.82, 2.24) is 15.0 Å². The minimum Gasteiger partial charge on any atom is -0.456 e. The van der Waals surface area contributed by atoms with Crippen LogP contribution in [0.3, 0.4) is 0 Å². The lowest BCUT2D eigenvalue weighted by molar-refractivity contribution is 0.669. The summed E-state index contributed by atoms with van der Waals surface area (Å²) >= 11 is 0. The van der Waals surface area contributed by atoms with Gasteiger partial charge in [0.15, 0.2) is 17.5 Å². The van der Waals surface area contributed by atoms with E-state index in [1.165, 1.54) is 0 Å². The molecule has 0 aliphatic heterocycles. The molecular formula is C47H27N3O2. The monoisotopic (exact) mass is 665 g/mol. The molecule has 0 fully saturated rings. The van der Waals surface area contributed by atoms with Gasteiger partial charge in [0.25, 0.3) is 0 Å². The molecule has 5 nitrogen and oxygen atoms in total. The van der Waals surface area contributed by atoms with E-state index in [1.807, 2.05) is 48.5 Å². The van der Waals surface area contributed by atoms with Crippen molar-refractivity contribution in [3.05, 3.63) is 164 Å². The first-order valence-corrected chi connectivity index (χ1v) is 17.4. The fraction of sp³-hybridized carbons (Fsp3) is 0. The Morgan fingerprint density at radius 1 is 0.346 bits per heavy atom. The zero-order chi connectivity index (χ0) is 34.2. The van der Waals surface area contributed by atoms with Gasteiger partial charge in [-0.1, -0.05) is 140 Å². The van der Waals surface area contributed by atoms with Crippen molar-refractivity contribution in [2.45, 2.75) is 0 Å². The van der Waals surface area contributed by atoms with Gasteiger partial charge in [-0.15, -0.1) is 0 Å². The van der Waals surface area contributed by atoms with Crippen LogP contribution in [0, 0.1) is 0 Å². The Balaban J connectivity index is 1.29. The number of rotatable bonds is 4. The second kappa shape index (κ2) is 11.2. The highest BCUT2D eigenvalue weighted by molar-refractivity contribution is 6.26. The summed E-state index contributed by atoms with van der Waals surface area (Å²) in [5.41, 5.74) is 8.05. The number of benzene rings is 8. The lowest BCUT2D eigenvalue weighted by Gasteiger charge is -2.15. The lowest BCUT2D eigenvalue weighted by atomic mass is 9.90. The fourth-order valence-electron chi connectivity index (χ4n) is 7.80. The van der Waals surface area contributed by atoms with Crippen molar-refractivity contribution in [2.75, 3.05) is 0 Å². The maximum atomic E-state index is 6.80. The van der Waals surface area contributed by atoms with Crippen LogP contribution in [0.25, 0.3) is 111 Å². The van der Waals surface area contributed by atoms with Crippen molar-refractivity contribution in [1.29, 1.82) is 0 Å². The van der Waals surface area contributed by atoms with Crippen LogP contribution >= 0.6 is 0 Å². The van der Waals surface area contributed by atoms with Gasteiger partial charge < -0.3 is 8.83 Å². The van der Waals surface area contributed by atoms with Gasteiger partial charge in [-0.25, -0.2) is 15.0 Å². The van der Waals surface area contributed by atoms with Crippen LogP contribution < -0.4 is 0 Å². The summed E-state index contributed by atoms with van der Waals surface area (Å²) in [5.74, 6) is 1.74. The lowest BCUT2D eigenvalue weighted by Crippen LogP contribution is -2.01. The molecule has 0 saturated heterocycles. The van der Waals surface area contributed by atoms with Crippen LogP contribution in [-0.2, 0) is 0 Å². The van der Waals surface area contributed by atoms with Crippen LogP contribution in [0.2, 0.25) is 0 Å². The Bertz CT molecular complexity index is 3190. The minimum atomic E-state index is 0.572. The quantitative estimate of drug-likeness (QED) is 0.187. The normalized spacial score (nSPS) is 11.8. The molecule has 11 aromatic rings. The predicted molar refractivity (Wildman–Crippen MR) is 211 cm³/mol. The van der Waals surface area contributed by atoms with Gasteiger partial charge in [-0.2, -0.15) is 0 Å². The molecule has 0 aliphatic rings. The Hall–Kier alpha value is -7.11. The molecule has 0 bridgehead atoms. The first kappa shape index (κ1) is 28.7. The van der Waals surface area contributed by atoms with E-state index < -0.39 is 0 Å². The third kappa shape index (κ3) is 4.33. The Morgan fingerprint density at radius 2 is 0.942 bits per heavy atom. The zero-order valence-electron chi connectivity index (χ0n) is 27.7. The van der Waals surface area contributed by atoms with E-state index in [9.17, 15) is 0 Å². The summed E-state index contributed by atoms with van der Waals surface area (Å²) in [5, 5.41) is 8.35. The van der Waals surface area contributed by atoms with E-state index >= 15 is 0 Å². The first-order valence-electron chi connectivity index (χ1n) is 17.4. The zero-order valence-corrected chi connectivity index (χ0v) is 27.7. The SMILES string of the molecule is c1ccc(-c2c3ccccc3c(-c3nc(-c4ccc5ccccc5c4)nc(-c4cccc5oc6ccccc6c45)n3)c3c2oc2ccccc23)cc1. The second-order valence-electron chi connectivity index (χ2n) is 13.1. The highest BCUT2D eigenvalue weighted by Gasteiger charge is 2.25. The number of furan rings is 2. The third-order valence-corrected chi connectivity index (χ3v) is 10.1. The van der Waals surface area contributed by atoms with Crippen molar-refractivity contribution >= 4 is 65.4 Å². The molecule has 8 aromatic carbocycles. The van der Waals surface area contributed by atoms with Crippen molar-refractivity contribution in [3.63, 3.8) is 0 Å². The summed E-state index contributed by atoms with van der Waals surface area (Å²) in [6, 6.07) is 56.1. The molecule has 242 valence electrons. The maximum absolute atomic E-state index is 6.80. The molecule has 3 heterocycles. The molecule has 5 heteroatoms. The molecule has 3 aromatic heterocycles. The van der Waals surface area contributed by atoms with E-state index in [0.29, 0.717) is 17.5 Å².